The van der Waals surface area contributed by atoms with Crippen molar-refractivity contribution in [3.8, 4) is 0 Å². The number of aromatic nitrogens is 1. The molecule has 0 aliphatic rings. The highest BCUT2D eigenvalue weighted by atomic mass is 32.2. The number of hydrogen-bond acceptors (Lipinski definition) is 6. The average Bonchev–Trinajstić information content (AvgIpc) is 2.85. The molecule has 1 unspecified atom stereocenters. The molecule has 1 aromatic carbocycles. The molecule has 0 fully saturated rings. The molecule has 112 valence electrons. The second kappa shape index (κ2) is 6.42. The van der Waals surface area contributed by atoms with Crippen LogP contribution in [0.4, 0.5) is 0 Å². The molecule has 6 nitrogen and oxygen atoms in total. The van der Waals surface area contributed by atoms with Crippen LogP contribution in [0.3, 0.4) is 0 Å². The number of fused-ring (bicyclic) bond motifs is 1. The number of nitrogens with zero attached hydrogens (tertiary/aromatic N) is 1. The van der Waals surface area contributed by atoms with Crippen LogP contribution in [-0.4, -0.2) is 45.0 Å². The van der Waals surface area contributed by atoms with Gasteiger partial charge < -0.3 is 15.5 Å². The Hall–Kier alpha value is -1.64. The topological polar surface area (TPSA) is 99.5 Å². The van der Waals surface area contributed by atoms with Crippen LogP contribution in [0, 0.1) is 0 Å². The van der Waals surface area contributed by atoms with Crippen molar-refractivity contribution in [2.45, 2.75) is 16.9 Å². The van der Waals surface area contributed by atoms with Gasteiger partial charge in [-0.15, -0.1) is 11.3 Å². The predicted molar refractivity (Wildman–Crippen MR) is 81.6 cm³/mol. The third kappa shape index (κ3) is 4.16. The molecule has 21 heavy (non-hydrogen) atoms. The van der Waals surface area contributed by atoms with Crippen molar-refractivity contribution in [3.05, 3.63) is 24.3 Å². The zero-order valence-electron chi connectivity index (χ0n) is 11.2. The molecular weight excluding hydrogens is 312 g/mol. The number of carboxylic acids is 1. The fraction of sp³-hybridized carbons (Fsp3) is 0.308. The Kier molecular flexibility index (Phi) is 4.81. The Morgan fingerprint density at radius 3 is 2.81 bits per heavy atom. The second-order valence-corrected chi connectivity index (χ2v) is 6.85. The number of hydrogen-bond donors (Lipinski definition) is 3. The van der Waals surface area contributed by atoms with Crippen LogP contribution < -0.4 is 5.32 Å². The van der Waals surface area contributed by atoms with Gasteiger partial charge in [-0.2, -0.15) is 0 Å². The van der Waals surface area contributed by atoms with Gasteiger partial charge in [-0.3, -0.25) is 4.79 Å². The maximum absolute atomic E-state index is 11.6. The average molecular weight is 326 g/mol. The summed E-state index contributed by atoms with van der Waals surface area (Å²) in [5, 5.41) is 20.6. The number of aliphatic hydroxyl groups is 1. The van der Waals surface area contributed by atoms with Crippen molar-refractivity contribution in [1.29, 1.82) is 0 Å². The molecule has 1 heterocycles. The third-order valence-corrected chi connectivity index (χ3v) is 4.87. The molecule has 3 N–H and O–H groups in total. The smallest absolute Gasteiger partial charge is 0.337 e. The lowest BCUT2D eigenvalue weighted by Gasteiger charge is -2.17. The number of carboxylic acid groups (broad SMARTS) is 1. The maximum atomic E-state index is 11.6. The summed E-state index contributed by atoms with van der Waals surface area (Å²) in [5.74, 6) is -1.60. The van der Waals surface area contributed by atoms with Crippen molar-refractivity contribution in [2.24, 2.45) is 0 Å². The van der Waals surface area contributed by atoms with E-state index in [0.717, 1.165) is 21.5 Å². The Labute approximate surface area is 129 Å². The number of nitrogens with one attached hydrogen (secondary N) is 1. The minimum absolute atomic E-state index is 0.121. The molecule has 1 amide bonds. The number of rotatable bonds is 6. The normalized spacial score (nSPS) is 13.8. The van der Waals surface area contributed by atoms with Crippen LogP contribution in [0.15, 0.2) is 28.6 Å². The molecule has 0 aliphatic heterocycles. The zero-order chi connectivity index (χ0) is 15.5. The maximum Gasteiger partial charge on any atom is 0.337 e. The summed E-state index contributed by atoms with van der Waals surface area (Å²) in [4.78, 5) is 26.7. The zero-order valence-corrected chi connectivity index (χ0v) is 12.8. The van der Waals surface area contributed by atoms with E-state index in [9.17, 15) is 14.7 Å². The van der Waals surface area contributed by atoms with Gasteiger partial charge in [0.15, 0.2) is 9.94 Å². The SMILES string of the molecule is CC(O)(CNC(=O)CSc1nc2ccccc2s1)C(=O)O. The largest absolute Gasteiger partial charge is 0.479 e. The molecule has 1 atom stereocenters. The molecular formula is C13H14N2O4S2. The van der Waals surface area contributed by atoms with Crippen LogP contribution in [0.1, 0.15) is 6.92 Å². The van der Waals surface area contributed by atoms with Crippen LogP contribution in [0.2, 0.25) is 0 Å². The molecule has 2 rings (SSSR count). The summed E-state index contributed by atoms with van der Waals surface area (Å²) in [6, 6.07) is 7.69. The van der Waals surface area contributed by atoms with Crippen molar-refractivity contribution in [1.82, 2.24) is 10.3 Å². The van der Waals surface area contributed by atoms with Crippen LogP contribution in [0.5, 0.6) is 0 Å². The third-order valence-electron chi connectivity index (χ3n) is 2.69. The lowest BCUT2D eigenvalue weighted by atomic mass is 10.1. The first-order valence-corrected chi connectivity index (χ1v) is 7.89. The highest BCUT2D eigenvalue weighted by Gasteiger charge is 2.30. The molecule has 0 saturated heterocycles. The second-order valence-electron chi connectivity index (χ2n) is 4.59. The lowest BCUT2D eigenvalue weighted by molar-refractivity contribution is -0.156. The monoisotopic (exact) mass is 326 g/mol. The number of thiazole rings is 1. The van der Waals surface area contributed by atoms with Gasteiger partial charge in [-0.05, 0) is 19.1 Å². The van der Waals surface area contributed by atoms with Crippen LogP contribution in [-0.2, 0) is 9.59 Å². The van der Waals surface area contributed by atoms with Gasteiger partial charge in [-0.25, -0.2) is 9.78 Å². The lowest BCUT2D eigenvalue weighted by Crippen LogP contribution is -2.46. The van der Waals surface area contributed by atoms with Gasteiger partial charge in [-0.1, -0.05) is 23.9 Å². The number of carbonyl (C=O) groups excluding carboxylic acids is 1. The molecule has 0 bridgehead atoms. The van der Waals surface area contributed by atoms with Crippen molar-refractivity contribution in [3.63, 3.8) is 0 Å². The summed E-state index contributed by atoms with van der Waals surface area (Å²) in [6.45, 7) is 0.803. The molecule has 0 spiro atoms. The summed E-state index contributed by atoms with van der Waals surface area (Å²) in [5.41, 5.74) is -1.07. The molecule has 0 radical (unpaired) electrons. The highest BCUT2D eigenvalue weighted by molar-refractivity contribution is 8.01. The fourth-order valence-corrected chi connectivity index (χ4v) is 3.34. The Balaban J connectivity index is 1.85. The van der Waals surface area contributed by atoms with Crippen molar-refractivity contribution < 1.29 is 19.8 Å². The number of benzene rings is 1. The van der Waals surface area contributed by atoms with E-state index >= 15 is 0 Å². The Morgan fingerprint density at radius 1 is 1.43 bits per heavy atom. The van der Waals surface area contributed by atoms with Gasteiger partial charge >= 0.3 is 5.97 Å². The summed E-state index contributed by atoms with van der Waals surface area (Å²) in [7, 11) is 0. The van der Waals surface area contributed by atoms with Crippen LogP contribution in [0.25, 0.3) is 10.2 Å². The Morgan fingerprint density at radius 2 is 2.14 bits per heavy atom. The van der Waals surface area contributed by atoms with E-state index in [4.69, 9.17) is 5.11 Å². The van der Waals surface area contributed by atoms with E-state index in [0.29, 0.717) is 0 Å². The van der Waals surface area contributed by atoms with Gasteiger partial charge in [0, 0.05) is 0 Å². The standard InChI is InChI=1S/C13H14N2O4S2/c1-13(19,11(17)18)7-14-10(16)6-20-12-15-8-4-2-3-5-9(8)21-12/h2-5,19H,6-7H2,1H3,(H,14,16)(H,17,18). The molecule has 0 aliphatic carbocycles. The Bertz CT molecular complexity index is 636. The summed E-state index contributed by atoms with van der Waals surface area (Å²) >= 11 is 2.78. The van der Waals surface area contributed by atoms with Gasteiger partial charge in [0.2, 0.25) is 5.91 Å². The van der Waals surface area contributed by atoms with Crippen molar-refractivity contribution >= 4 is 45.2 Å². The van der Waals surface area contributed by atoms with Gasteiger partial charge in [0.1, 0.15) is 0 Å². The summed E-state index contributed by atoms with van der Waals surface area (Å²) < 4.78 is 1.82. The molecule has 1 aromatic heterocycles. The number of para-hydroxylation sites is 1. The molecule has 0 saturated carbocycles. The first-order chi connectivity index (χ1) is 9.88. The van der Waals surface area contributed by atoms with Crippen LogP contribution >= 0.6 is 23.1 Å². The number of carbonyl (C=O) groups is 2. The summed E-state index contributed by atoms with van der Waals surface area (Å²) in [6.07, 6.45) is 0. The number of thioether (sulfide) groups is 1. The number of amides is 1. The first kappa shape index (κ1) is 15.7. The van der Waals surface area contributed by atoms with Gasteiger partial charge in [0.25, 0.3) is 0 Å². The minimum Gasteiger partial charge on any atom is -0.479 e. The van der Waals surface area contributed by atoms with E-state index in [1.807, 2.05) is 24.3 Å². The van der Waals surface area contributed by atoms with Gasteiger partial charge in [0.05, 0.1) is 22.5 Å². The number of aliphatic carboxylic acids is 1. The molecule has 8 heteroatoms. The quantitative estimate of drug-likeness (QED) is 0.693. The van der Waals surface area contributed by atoms with E-state index in [1.54, 1.807) is 0 Å². The van der Waals surface area contributed by atoms with E-state index in [1.165, 1.54) is 23.1 Å². The minimum atomic E-state index is -1.96. The van der Waals surface area contributed by atoms with Crippen molar-refractivity contribution in [2.75, 3.05) is 12.3 Å². The fourth-order valence-electron chi connectivity index (χ4n) is 1.44. The first-order valence-electron chi connectivity index (χ1n) is 6.09. The van der Waals surface area contributed by atoms with E-state index in [2.05, 4.69) is 10.3 Å². The van der Waals surface area contributed by atoms with E-state index < -0.39 is 11.6 Å². The van der Waals surface area contributed by atoms with E-state index in [-0.39, 0.29) is 18.2 Å². The highest BCUT2D eigenvalue weighted by Crippen LogP contribution is 2.28. The predicted octanol–water partition coefficient (Wildman–Crippen LogP) is 1.34. The molecule has 2 aromatic rings.